The first-order valence-electron chi connectivity index (χ1n) is 9.13. The number of hydrogen-bond donors (Lipinski definition) is 2. The molecule has 0 bridgehead atoms. The number of hydrogen-bond acceptors (Lipinski definition) is 4. The van der Waals surface area contributed by atoms with E-state index in [-0.39, 0.29) is 11.9 Å². The molecule has 1 amide bonds. The van der Waals surface area contributed by atoms with Crippen molar-refractivity contribution in [3.05, 3.63) is 65.2 Å². The number of carbonyl (C=O) groups excluding carboxylic acids is 1. The number of aromatic amines is 1. The molecule has 0 spiro atoms. The van der Waals surface area contributed by atoms with Gasteiger partial charge in [0.1, 0.15) is 5.75 Å². The molecule has 7 heteroatoms. The Morgan fingerprint density at radius 1 is 1.21 bits per heavy atom. The van der Waals surface area contributed by atoms with Crippen molar-refractivity contribution >= 4 is 23.3 Å². The molecule has 3 aromatic rings. The van der Waals surface area contributed by atoms with E-state index in [1.807, 2.05) is 30.3 Å². The minimum absolute atomic E-state index is 0.0792. The molecule has 1 fully saturated rings. The minimum Gasteiger partial charge on any atom is -0.497 e. The van der Waals surface area contributed by atoms with Gasteiger partial charge in [0.15, 0.2) is 5.82 Å². The van der Waals surface area contributed by atoms with E-state index in [1.165, 1.54) is 0 Å². The second-order valence-electron chi connectivity index (χ2n) is 6.78. The number of nitrogens with one attached hydrogen (secondary N) is 2. The Morgan fingerprint density at radius 3 is 2.68 bits per heavy atom. The van der Waals surface area contributed by atoms with Gasteiger partial charge in [0.2, 0.25) is 0 Å². The third-order valence-electron chi connectivity index (χ3n) is 4.92. The van der Waals surface area contributed by atoms with E-state index >= 15 is 0 Å². The number of anilines is 1. The zero-order valence-corrected chi connectivity index (χ0v) is 16.2. The van der Waals surface area contributed by atoms with Crippen molar-refractivity contribution < 1.29 is 9.53 Å². The fourth-order valence-corrected chi connectivity index (χ4v) is 3.47. The van der Waals surface area contributed by atoms with Crippen LogP contribution in [0.25, 0.3) is 11.3 Å². The molecule has 1 saturated heterocycles. The molecule has 2 aromatic carbocycles. The molecule has 1 atom stereocenters. The predicted octanol–water partition coefficient (Wildman–Crippen LogP) is 3.75. The van der Waals surface area contributed by atoms with Gasteiger partial charge < -0.3 is 15.0 Å². The molecule has 2 N–H and O–H groups in total. The third kappa shape index (κ3) is 3.97. The van der Waals surface area contributed by atoms with Crippen molar-refractivity contribution in [2.45, 2.75) is 12.5 Å². The summed E-state index contributed by atoms with van der Waals surface area (Å²) >= 11 is 5.88. The van der Waals surface area contributed by atoms with Crippen LogP contribution in [0.4, 0.5) is 5.82 Å². The molecule has 1 aliphatic rings. The summed E-state index contributed by atoms with van der Waals surface area (Å²) in [5.41, 5.74) is 2.61. The Labute approximate surface area is 168 Å². The van der Waals surface area contributed by atoms with Gasteiger partial charge in [0, 0.05) is 35.8 Å². The Hall–Kier alpha value is -2.99. The molecule has 0 unspecified atom stereocenters. The Kier molecular flexibility index (Phi) is 5.21. The van der Waals surface area contributed by atoms with E-state index in [2.05, 4.69) is 20.4 Å². The fraction of sp³-hybridized carbons (Fsp3) is 0.238. The number of aromatic nitrogens is 2. The van der Waals surface area contributed by atoms with Crippen LogP contribution in [-0.4, -0.2) is 42.3 Å². The van der Waals surface area contributed by atoms with Gasteiger partial charge in [0.05, 0.1) is 12.8 Å². The van der Waals surface area contributed by atoms with E-state index in [4.69, 9.17) is 16.3 Å². The number of H-pyrrole nitrogens is 1. The predicted molar refractivity (Wildman–Crippen MR) is 110 cm³/mol. The summed E-state index contributed by atoms with van der Waals surface area (Å²) in [6.45, 7) is 1.57. The summed E-state index contributed by atoms with van der Waals surface area (Å²) in [4.78, 5) is 14.6. The third-order valence-corrected chi connectivity index (χ3v) is 5.17. The quantitative estimate of drug-likeness (QED) is 0.689. The largest absolute Gasteiger partial charge is 0.497 e. The maximum atomic E-state index is 12.4. The molecule has 1 aromatic heterocycles. The van der Waals surface area contributed by atoms with Gasteiger partial charge in [-0.2, -0.15) is 5.10 Å². The van der Waals surface area contributed by atoms with Crippen LogP contribution in [0.15, 0.2) is 54.6 Å². The molecular weight excluding hydrogens is 376 g/mol. The summed E-state index contributed by atoms with van der Waals surface area (Å²) in [6, 6.07) is 16.9. The normalized spacial score (nSPS) is 16.2. The number of nitrogens with zero attached hydrogens (tertiary/aromatic N) is 2. The number of amides is 1. The highest BCUT2D eigenvalue weighted by atomic mass is 35.5. The Morgan fingerprint density at radius 2 is 1.96 bits per heavy atom. The minimum atomic E-state index is -0.0792. The summed E-state index contributed by atoms with van der Waals surface area (Å²) in [6.07, 6.45) is 0.879. The molecule has 0 aliphatic carbocycles. The molecule has 28 heavy (non-hydrogen) atoms. The molecular formula is C21H21ClN4O2. The summed E-state index contributed by atoms with van der Waals surface area (Å²) in [5, 5.41) is 11.2. The van der Waals surface area contributed by atoms with Crippen molar-refractivity contribution in [3.8, 4) is 17.0 Å². The van der Waals surface area contributed by atoms with Crippen molar-refractivity contribution in [2.24, 2.45) is 0 Å². The highest BCUT2D eigenvalue weighted by Gasteiger charge is 2.26. The van der Waals surface area contributed by atoms with E-state index in [9.17, 15) is 4.79 Å². The van der Waals surface area contributed by atoms with Crippen molar-refractivity contribution in [1.29, 1.82) is 0 Å². The van der Waals surface area contributed by atoms with Crippen LogP contribution >= 0.6 is 11.6 Å². The zero-order chi connectivity index (χ0) is 19.5. The Balaban J connectivity index is 1.38. The lowest BCUT2D eigenvalue weighted by Crippen LogP contribution is -2.37. The second-order valence-corrected chi connectivity index (χ2v) is 7.22. The SMILES string of the molecule is COc1ccc(-c2cc(N3CC[C@@H](NC(=O)c4ccc(Cl)cc4)C3)n[nH]2)cc1. The van der Waals surface area contributed by atoms with Crippen molar-refractivity contribution in [3.63, 3.8) is 0 Å². The topological polar surface area (TPSA) is 70.2 Å². The highest BCUT2D eigenvalue weighted by Crippen LogP contribution is 2.26. The lowest BCUT2D eigenvalue weighted by molar-refractivity contribution is 0.0940. The van der Waals surface area contributed by atoms with Crippen LogP contribution in [0.3, 0.4) is 0 Å². The lowest BCUT2D eigenvalue weighted by Gasteiger charge is -2.16. The zero-order valence-electron chi connectivity index (χ0n) is 15.5. The van der Waals surface area contributed by atoms with E-state index in [1.54, 1.807) is 31.4 Å². The van der Waals surface area contributed by atoms with Gasteiger partial charge >= 0.3 is 0 Å². The van der Waals surface area contributed by atoms with Gasteiger partial charge in [-0.05, 0) is 60.5 Å². The number of carbonyl (C=O) groups is 1. The first-order valence-corrected chi connectivity index (χ1v) is 9.51. The van der Waals surface area contributed by atoms with Crippen LogP contribution in [0.2, 0.25) is 5.02 Å². The average molecular weight is 397 g/mol. The summed E-state index contributed by atoms with van der Waals surface area (Å²) < 4.78 is 5.20. The van der Waals surface area contributed by atoms with Crippen molar-refractivity contribution in [1.82, 2.24) is 15.5 Å². The molecule has 4 rings (SSSR count). The maximum Gasteiger partial charge on any atom is 0.251 e. The van der Waals surface area contributed by atoms with Gasteiger partial charge in [-0.3, -0.25) is 9.89 Å². The van der Waals surface area contributed by atoms with Crippen LogP contribution in [0, 0.1) is 0 Å². The van der Waals surface area contributed by atoms with Gasteiger partial charge in [-0.25, -0.2) is 0 Å². The van der Waals surface area contributed by atoms with Crippen LogP contribution < -0.4 is 15.0 Å². The van der Waals surface area contributed by atoms with Gasteiger partial charge in [-0.15, -0.1) is 0 Å². The highest BCUT2D eigenvalue weighted by molar-refractivity contribution is 6.30. The summed E-state index contributed by atoms with van der Waals surface area (Å²) in [7, 11) is 1.65. The molecule has 0 saturated carbocycles. The second kappa shape index (κ2) is 7.94. The van der Waals surface area contributed by atoms with Crippen LogP contribution in [0.1, 0.15) is 16.8 Å². The number of methoxy groups -OCH3 is 1. The maximum absolute atomic E-state index is 12.4. The van der Waals surface area contributed by atoms with E-state index in [0.717, 1.165) is 42.3 Å². The number of ether oxygens (including phenoxy) is 1. The van der Waals surface area contributed by atoms with Gasteiger partial charge in [0.25, 0.3) is 5.91 Å². The molecule has 6 nitrogen and oxygen atoms in total. The van der Waals surface area contributed by atoms with Crippen molar-refractivity contribution in [2.75, 3.05) is 25.1 Å². The monoisotopic (exact) mass is 396 g/mol. The van der Waals surface area contributed by atoms with Gasteiger partial charge in [-0.1, -0.05) is 11.6 Å². The first-order chi connectivity index (χ1) is 13.6. The molecule has 144 valence electrons. The Bertz CT molecular complexity index is 953. The number of rotatable bonds is 5. The fourth-order valence-electron chi connectivity index (χ4n) is 3.35. The first kappa shape index (κ1) is 18.4. The number of benzene rings is 2. The summed E-state index contributed by atoms with van der Waals surface area (Å²) in [5.74, 6) is 1.63. The smallest absolute Gasteiger partial charge is 0.251 e. The molecule has 0 radical (unpaired) electrons. The molecule has 2 heterocycles. The van der Waals surface area contributed by atoms with E-state index in [0.29, 0.717) is 10.6 Å². The standard InChI is InChI=1S/C21H21ClN4O2/c1-28-18-8-4-14(5-9-18)19-12-20(25-24-19)26-11-10-17(13-26)23-21(27)15-2-6-16(22)7-3-15/h2-9,12,17H,10-11,13H2,1H3,(H,23,27)(H,24,25)/t17-/m1/s1. The lowest BCUT2D eigenvalue weighted by atomic mass is 10.1. The average Bonchev–Trinajstić information content (AvgIpc) is 3.38. The molecule has 1 aliphatic heterocycles. The van der Waals surface area contributed by atoms with E-state index < -0.39 is 0 Å². The van der Waals surface area contributed by atoms with Crippen LogP contribution in [-0.2, 0) is 0 Å². The number of halogens is 1. The van der Waals surface area contributed by atoms with Crippen LogP contribution in [0.5, 0.6) is 5.75 Å².